The van der Waals surface area contributed by atoms with E-state index in [0.717, 1.165) is 0 Å². The summed E-state index contributed by atoms with van der Waals surface area (Å²) >= 11 is 0. The molecule has 0 atom stereocenters. The molecule has 1 aromatic carbocycles. The van der Waals surface area contributed by atoms with Gasteiger partial charge in [0.15, 0.2) is 5.75 Å². The number of rotatable bonds is 5. The summed E-state index contributed by atoms with van der Waals surface area (Å²) in [4.78, 5) is 20.3. The highest BCUT2D eigenvalue weighted by atomic mass is 32.2. The van der Waals surface area contributed by atoms with Gasteiger partial charge in [0, 0.05) is 6.07 Å². The van der Waals surface area contributed by atoms with Crippen LogP contribution in [-0.4, -0.2) is 30.2 Å². The number of nitrogens with one attached hydrogen (secondary N) is 1. The van der Waals surface area contributed by atoms with E-state index < -0.39 is 26.7 Å². The molecule has 0 aliphatic carbocycles. The molecule has 0 aromatic heterocycles. The number of hydrogen-bond acceptors (Lipinski definition) is 5. The van der Waals surface area contributed by atoms with Gasteiger partial charge in [-0.2, -0.15) is 0 Å². The minimum absolute atomic E-state index is 0.00884. The summed E-state index contributed by atoms with van der Waals surface area (Å²) in [5.41, 5.74) is -0.132. The van der Waals surface area contributed by atoms with Gasteiger partial charge in [0.1, 0.15) is 0 Å². The van der Waals surface area contributed by atoms with Crippen molar-refractivity contribution in [2.24, 2.45) is 0 Å². The Morgan fingerprint density at radius 3 is 2.61 bits per heavy atom. The molecule has 0 unspecified atom stereocenters. The maximum absolute atomic E-state index is 11.4. The van der Waals surface area contributed by atoms with Gasteiger partial charge < -0.3 is 5.11 Å². The molecule has 0 saturated heterocycles. The quantitative estimate of drug-likeness (QED) is 0.602. The van der Waals surface area contributed by atoms with E-state index in [1.807, 2.05) is 4.72 Å². The van der Waals surface area contributed by atoms with Crippen molar-refractivity contribution in [2.75, 3.05) is 10.5 Å². The van der Waals surface area contributed by atoms with Crippen LogP contribution in [0, 0.1) is 17.0 Å². The average molecular weight is 274 g/mol. The zero-order valence-electron chi connectivity index (χ0n) is 9.28. The maximum atomic E-state index is 11.4. The van der Waals surface area contributed by atoms with Crippen LogP contribution in [0.5, 0.6) is 0 Å². The predicted octanol–water partition coefficient (Wildman–Crippen LogP) is 0.730. The van der Waals surface area contributed by atoms with E-state index in [-0.39, 0.29) is 16.9 Å². The third kappa shape index (κ3) is 3.42. The zero-order valence-corrected chi connectivity index (χ0v) is 10.1. The van der Waals surface area contributed by atoms with Crippen LogP contribution in [0.1, 0.15) is 5.56 Å². The first-order valence-electron chi connectivity index (χ1n) is 4.69. The minimum atomic E-state index is -4.07. The topological polar surface area (TPSA) is 127 Å². The number of carboxylic acid groups (broad SMARTS) is 1. The molecule has 18 heavy (non-hydrogen) atoms. The van der Waals surface area contributed by atoms with Gasteiger partial charge in [-0.25, -0.2) is 8.42 Å². The zero-order chi connectivity index (χ0) is 13.9. The molecule has 8 nitrogen and oxygen atoms in total. The van der Waals surface area contributed by atoms with E-state index >= 15 is 0 Å². The number of carboxylic acids is 1. The predicted molar refractivity (Wildman–Crippen MR) is 62.9 cm³/mol. The molecule has 0 amide bonds. The summed E-state index contributed by atoms with van der Waals surface area (Å²) in [6.45, 7) is 1.37. The lowest BCUT2D eigenvalue weighted by atomic mass is 10.2. The molecule has 0 heterocycles. The minimum Gasteiger partial charge on any atom is -0.480 e. The lowest BCUT2D eigenvalue weighted by Crippen LogP contribution is -2.22. The first-order valence-corrected chi connectivity index (χ1v) is 6.34. The summed E-state index contributed by atoms with van der Waals surface area (Å²) in [5, 5.41) is 19.1. The van der Waals surface area contributed by atoms with E-state index in [4.69, 9.17) is 5.11 Å². The molecule has 1 aromatic rings. The Labute approximate surface area is 102 Å². The summed E-state index contributed by atoms with van der Waals surface area (Å²) in [5.74, 6) is -2.61. The number of nitro benzene ring substituents is 1. The van der Waals surface area contributed by atoms with Crippen LogP contribution < -0.4 is 4.72 Å². The van der Waals surface area contributed by atoms with Gasteiger partial charge in [0.25, 0.3) is 5.69 Å². The van der Waals surface area contributed by atoms with E-state index in [2.05, 4.69) is 0 Å². The summed E-state index contributed by atoms with van der Waals surface area (Å²) in [6, 6.07) is 3.86. The highest BCUT2D eigenvalue weighted by molar-refractivity contribution is 7.93. The molecule has 2 N–H and O–H groups in total. The van der Waals surface area contributed by atoms with Crippen LogP contribution in [0.3, 0.4) is 0 Å². The highest BCUT2D eigenvalue weighted by Crippen LogP contribution is 2.25. The Kier molecular flexibility index (Phi) is 3.86. The van der Waals surface area contributed by atoms with Crippen LogP contribution in [-0.2, 0) is 14.8 Å². The second-order valence-corrected chi connectivity index (χ2v) is 5.18. The first kappa shape index (κ1) is 13.9. The molecule has 0 radical (unpaired) electrons. The van der Waals surface area contributed by atoms with Crippen LogP contribution in [0.15, 0.2) is 18.2 Å². The molecule has 0 aliphatic heterocycles. The van der Waals surface area contributed by atoms with Gasteiger partial charge in [-0.3, -0.25) is 19.6 Å². The Morgan fingerprint density at radius 1 is 1.50 bits per heavy atom. The second-order valence-electron chi connectivity index (χ2n) is 3.46. The molecule has 0 aliphatic rings. The Balaban J connectivity index is 3.10. The normalized spacial score (nSPS) is 10.9. The molecule has 0 bridgehead atoms. The third-order valence-electron chi connectivity index (χ3n) is 2.08. The summed E-state index contributed by atoms with van der Waals surface area (Å²) in [6.07, 6.45) is 0. The number of nitro groups is 1. The van der Waals surface area contributed by atoms with Gasteiger partial charge in [0.2, 0.25) is 10.0 Å². The molecule has 9 heteroatoms. The van der Waals surface area contributed by atoms with Crippen LogP contribution >= 0.6 is 0 Å². The van der Waals surface area contributed by atoms with Crippen LogP contribution in [0.2, 0.25) is 0 Å². The SMILES string of the molecule is Cc1c(NS(=O)(=O)CC(=O)O)cccc1[N+](=O)[O-]. The molecule has 0 saturated carbocycles. The van der Waals surface area contributed by atoms with Crippen LogP contribution in [0.25, 0.3) is 0 Å². The second kappa shape index (κ2) is 5.00. The molecular weight excluding hydrogens is 264 g/mol. The van der Waals surface area contributed by atoms with Gasteiger partial charge in [-0.15, -0.1) is 0 Å². The monoisotopic (exact) mass is 274 g/mol. The van der Waals surface area contributed by atoms with Crippen molar-refractivity contribution in [2.45, 2.75) is 6.92 Å². The van der Waals surface area contributed by atoms with Gasteiger partial charge in [-0.1, -0.05) is 6.07 Å². The van der Waals surface area contributed by atoms with E-state index in [9.17, 15) is 23.3 Å². The van der Waals surface area contributed by atoms with Crippen LogP contribution in [0.4, 0.5) is 11.4 Å². The standard InChI is InChI=1S/C9H10N2O6S/c1-6-7(3-2-4-8(6)11(14)15)10-18(16,17)5-9(12)13/h2-4,10H,5H2,1H3,(H,12,13). The summed E-state index contributed by atoms with van der Waals surface area (Å²) in [7, 11) is -4.07. The number of nitrogens with zero attached hydrogens (tertiary/aromatic N) is 1. The number of anilines is 1. The smallest absolute Gasteiger partial charge is 0.320 e. The van der Waals surface area contributed by atoms with Crippen molar-refractivity contribution < 1.29 is 23.2 Å². The van der Waals surface area contributed by atoms with Gasteiger partial charge in [0.05, 0.1) is 16.2 Å². The fourth-order valence-electron chi connectivity index (χ4n) is 1.30. The van der Waals surface area contributed by atoms with E-state index in [1.54, 1.807) is 0 Å². The number of aliphatic carboxylic acids is 1. The Bertz CT molecular complexity index is 595. The molecule has 98 valence electrons. The molecule has 0 spiro atoms. The maximum Gasteiger partial charge on any atom is 0.320 e. The van der Waals surface area contributed by atoms with Crippen molar-refractivity contribution in [3.05, 3.63) is 33.9 Å². The Morgan fingerprint density at radius 2 is 2.11 bits per heavy atom. The number of carbonyl (C=O) groups is 1. The number of benzene rings is 1. The number of sulfonamides is 1. The first-order chi connectivity index (χ1) is 8.23. The van der Waals surface area contributed by atoms with E-state index in [0.29, 0.717) is 0 Å². The largest absolute Gasteiger partial charge is 0.480 e. The van der Waals surface area contributed by atoms with Gasteiger partial charge >= 0.3 is 5.97 Å². The lowest BCUT2D eigenvalue weighted by Gasteiger charge is -2.08. The lowest BCUT2D eigenvalue weighted by molar-refractivity contribution is -0.385. The number of hydrogen-bond donors (Lipinski definition) is 2. The molecule has 1 rings (SSSR count). The average Bonchev–Trinajstić information content (AvgIpc) is 2.18. The molecular formula is C9H10N2O6S. The molecule has 0 fully saturated rings. The fourth-order valence-corrected chi connectivity index (χ4v) is 2.25. The van der Waals surface area contributed by atoms with Crippen molar-refractivity contribution >= 4 is 27.4 Å². The van der Waals surface area contributed by atoms with Crippen molar-refractivity contribution in [3.8, 4) is 0 Å². The summed E-state index contributed by atoms with van der Waals surface area (Å²) < 4.78 is 24.8. The Hall–Kier alpha value is -2.16. The van der Waals surface area contributed by atoms with E-state index in [1.165, 1.54) is 25.1 Å². The van der Waals surface area contributed by atoms with Gasteiger partial charge in [-0.05, 0) is 13.0 Å². The fraction of sp³-hybridized carbons (Fsp3) is 0.222. The highest BCUT2D eigenvalue weighted by Gasteiger charge is 2.19. The van der Waals surface area contributed by atoms with Crippen molar-refractivity contribution in [3.63, 3.8) is 0 Å². The third-order valence-corrected chi connectivity index (χ3v) is 3.24. The van der Waals surface area contributed by atoms with Crippen molar-refractivity contribution in [1.82, 2.24) is 0 Å². The van der Waals surface area contributed by atoms with Crippen molar-refractivity contribution in [1.29, 1.82) is 0 Å².